The fraction of sp³-hybridized carbons (Fsp3) is 0.217. The molecular formula is C46H44F2N6O11S3. The molecule has 0 aliphatic rings. The molecule has 0 spiro atoms. The highest BCUT2D eigenvalue weighted by atomic mass is 32.2. The molecule has 4 aromatic carbocycles. The number of esters is 1. The summed E-state index contributed by atoms with van der Waals surface area (Å²) in [6, 6.07) is 18.5. The summed E-state index contributed by atoms with van der Waals surface area (Å²) in [6.07, 6.45) is 2.10. The molecule has 0 aliphatic carbocycles. The van der Waals surface area contributed by atoms with Crippen molar-refractivity contribution in [1.29, 1.82) is 0 Å². The number of ketones is 2. The number of allylic oxidation sites excluding steroid dienone is 1. The van der Waals surface area contributed by atoms with Crippen LogP contribution < -0.4 is 23.4 Å². The third kappa shape index (κ3) is 11.8. The lowest BCUT2D eigenvalue weighted by molar-refractivity contribution is -0.115. The molecule has 17 nitrogen and oxygen atoms in total. The van der Waals surface area contributed by atoms with E-state index in [1.54, 1.807) is 69.3 Å². The van der Waals surface area contributed by atoms with E-state index in [1.807, 2.05) is 0 Å². The zero-order valence-electron chi connectivity index (χ0n) is 37.3. The predicted octanol–water partition coefficient (Wildman–Crippen LogP) is 7.42. The van der Waals surface area contributed by atoms with Gasteiger partial charge in [-0.05, 0) is 98.1 Å². The van der Waals surface area contributed by atoms with Crippen LogP contribution in [0.4, 0.5) is 25.3 Å². The molecule has 2 heterocycles. The number of carbonyl (C=O) groups is 4. The highest BCUT2D eigenvalue weighted by molar-refractivity contribution is 7.93. The van der Waals surface area contributed by atoms with Crippen LogP contribution in [0.15, 0.2) is 119 Å². The zero-order chi connectivity index (χ0) is 49.6. The largest absolute Gasteiger partial charge is 0.497 e. The Balaban J connectivity index is 1.16. The van der Waals surface area contributed by atoms with Gasteiger partial charge in [0, 0.05) is 19.4 Å². The van der Waals surface area contributed by atoms with Crippen LogP contribution >= 0.6 is 11.3 Å². The van der Waals surface area contributed by atoms with Crippen molar-refractivity contribution >= 4 is 71.3 Å². The van der Waals surface area contributed by atoms with Gasteiger partial charge < -0.3 is 24.5 Å². The molecule has 2 N–H and O–H groups in total. The Morgan fingerprint density at radius 1 is 0.765 bits per heavy atom. The van der Waals surface area contributed by atoms with Crippen LogP contribution in [-0.2, 0) is 53.9 Å². The summed E-state index contributed by atoms with van der Waals surface area (Å²) < 4.78 is 105. The van der Waals surface area contributed by atoms with Crippen LogP contribution in [-0.4, -0.2) is 75.1 Å². The molecule has 2 aromatic heterocycles. The maximum atomic E-state index is 15.7. The molecule has 68 heavy (non-hydrogen) atoms. The molecule has 0 atom stereocenters. The summed E-state index contributed by atoms with van der Waals surface area (Å²) >= 11 is 0.858. The quantitative estimate of drug-likeness (QED) is 0.0459. The normalized spacial score (nSPS) is 11.8. The summed E-state index contributed by atoms with van der Waals surface area (Å²) in [7, 11) is -6.29. The number of halogens is 2. The topological polar surface area (TPSA) is 224 Å². The Labute approximate surface area is 394 Å². The van der Waals surface area contributed by atoms with Gasteiger partial charge in [0.2, 0.25) is 5.91 Å². The van der Waals surface area contributed by atoms with Crippen molar-refractivity contribution in [2.24, 2.45) is 0 Å². The Morgan fingerprint density at radius 3 is 1.87 bits per heavy atom. The highest BCUT2D eigenvalue weighted by Gasteiger charge is 2.34. The summed E-state index contributed by atoms with van der Waals surface area (Å²) in [5.41, 5.74) is 0.284. The molecule has 0 bridgehead atoms. The fourth-order valence-electron chi connectivity index (χ4n) is 6.39. The van der Waals surface area contributed by atoms with Crippen LogP contribution in [0.1, 0.15) is 65.4 Å². The minimum Gasteiger partial charge on any atom is -0.497 e. The van der Waals surface area contributed by atoms with E-state index in [0.29, 0.717) is 28.7 Å². The van der Waals surface area contributed by atoms with Crippen LogP contribution in [0.2, 0.25) is 0 Å². The van der Waals surface area contributed by atoms with Crippen molar-refractivity contribution in [3.63, 3.8) is 0 Å². The van der Waals surface area contributed by atoms with Gasteiger partial charge in [-0.3, -0.25) is 18.7 Å². The third-order valence-electron chi connectivity index (χ3n) is 9.73. The Kier molecular flexibility index (Phi) is 15.3. The van der Waals surface area contributed by atoms with E-state index in [0.717, 1.165) is 68.8 Å². The highest BCUT2D eigenvalue weighted by Crippen LogP contribution is 2.35. The number of H-pyrrole nitrogens is 1. The number of hydrogen-bond donors (Lipinski definition) is 2. The number of methoxy groups -OCH3 is 2. The number of anilines is 3. The van der Waals surface area contributed by atoms with Gasteiger partial charge in [0.1, 0.15) is 39.4 Å². The van der Waals surface area contributed by atoms with Gasteiger partial charge in [-0.15, -0.1) is 11.3 Å². The van der Waals surface area contributed by atoms with Crippen molar-refractivity contribution < 1.29 is 59.0 Å². The molecule has 0 unspecified atom stereocenters. The number of carbonyl (C=O) groups excluding carboxylic acids is 4. The molecule has 6 rings (SSSR count). The number of thiazole rings is 1. The number of ether oxygens (including phenoxy) is 3. The number of hydrogen-bond acceptors (Lipinski definition) is 14. The molecule has 0 radical (unpaired) electrons. The smallest absolute Gasteiger partial charge is 0.360 e. The third-order valence-corrected chi connectivity index (χ3v) is 14.2. The number of sulfonamides is 2. The summed E-state index contributed by atoms with van der Waals surface area (Å²) in [5, 5.41) is 2.14. The summed E-state index contributed by atoms with van der Waals surface area (Å²) in [5.74, 6) is -4.60. The maximum Gasteiger partial charge on any atom is 0.360 e. The first kappa shape index (κ1) is 50.1. The lowest BCUT2D eigenvalue weighted by Gasteiger charge is -2.25. The van der Waals surface area contributed by atoms with Crippen molar-refractivity contribution in [3.8, 4) is 11.5 Å². The molecule has 6 aromatic rings. The predicted molar refractivity (Wildman–Crippen MR) is 248 cm³/mol. The molecule has 0 saturated heterocycles. The summed E-state index contributed by atoms with van der Waals surface area (Å²) in [4.78, 5) is 61.0. The number of nitrogens with one attached hydrogen (secondary N) is 2. The number of nitrogens with zero attached hydrogens (tertiary/aromatic N) is 4. The van der Waals surface area contributed by atoms with E-state index in [2.05, 4.69) is 20.3 Å². The van der Waals surface area contributed by atoms with Crippen molar-refractivity contribution in [2.45, 2.75) is 62.6 Å². The first-order valence-electron chi connectivity index (χ1n) is 20.2. The first-order chi connectivity index (χ1) is 32.1. The Morgan fingerprint density at radius 2 is 1.32 bits per heavy atom. The Hall–Kier alpha value is -7.30. The first-order valence-corrected chi connectivity index (χ1v) is 24.0. The van der Waals surface area contributed by atoms with Gasteiger partial charge in [-0.1, -0.05) is 30.3 Å². The summed E-state index contributed by atoms with van der Waals surface area (Å²) in [6.45, 7) is 5.53. The maximum absolute atomic E-state index is 15.7. The van der Waals surface area contributed by atoms with E-state index in [4.69, 9.17) is 14.2 Å². The molecule has 0 aliphatic heterocycles. The lowest BCUT2D eigenvalue weighted by atomic mass is 10.1. The number of aromatic nitrogens is 3. The number of aromatic amines is 1. The van der Waals surface area contributed by atoms with Crippen LogP contribution in [0, 0.1) is 11.6 Å². The monoisotopic (exact) mass is 990 g/mol. The number of benzene rings is 4. The van der Waals surface area contributed by atoms with Gasteiger partial charge in [-0.25, -0.2) is 44.7 Å². The number of Topliss-reactive ketones (excluding diaryl/α,β-unsaturated/α-hetero) is 1. The van der Waals surface area contributed by atoms with Crippen LogP contribution in [0.5, 0.6) is 11.5 Å². The SMILES string of the molecule is COc1ccc(CN(c2nc[nH]c2C(C)=O)S(=O)(=O)c2ccc(NC(=O)/C=C/C(=O)Cc3ccc(S(=O)(=O)N(Cc4ccc(OC)cc4)c4scnc4C(=O)OC(C)(C)C)cc3F)c(F)c2)cc1. The van der Waals surface area contributed by atoms with Gasteiger partial charge >= 0.3 is 5.97 Å². The molecule has 22 heteroatoms. The van der Waals surface area contributed by atoms with Crippen molar-refractivity contribution in [3.05, 3.63) is 149 Å². The van der Waals surface area contributed by atoms with Crippen molar-refractivity contribution in [1.82, 2.24) is 15.0 Å². The fourth-order valence-corrected chi connectivity index (χ4v) is 10.3. The average Bonchev–Trinajstić information content (AvgIpc) is 3.99. The van der Waals surface area contributed by atoms with Crippen molar-refractivity contribution in [2.75, 3.05) is 28.1 Å². The molecule has 0 fully saturated rings. The standard InChI is InChI=1S/C46H44F2N6O11S3/c1-28(55)41-43(50-26-49-41)53(24-29-7-13-33(63-5)14-8-29)67(59,60)36-18-19-39(38(48)23-36)52-40(57)20-12-32(56)21-31-11-17-35(22-37(31)47)68(61,62)54(25-30-9-15-34(64-6)16-10-30)44-42(51-27-66-44)45(58)65-46(2,3)4/h7-20,22-23,26-27H,21,24-25H2,1-6H3,(H,49,50)(H,52,57)/b20-12+. The zero-order valence-corrected chi connectivity index (χ0v) is 39.7. The molecule has 356 valence electrons. The second-order valence-electron chi connectivity index (χ2n) is 15.7. The van der Waals surface area contributed by atoms with Gasteiger partial charge in [0.05, 0.1) is 54.6 Å². The number of imidazole rings is 1. The van der Waals surface area contributed by atoms with Crippen LogP contribution in [0.3, 0.4) is 0 Å². The van der Waals surface area contributed by atoms with E-state index >= 15 is 8.78 Å². The van der Waals surface area contributed by atoms with E-state index in [9.17, 15) is 36.0 Å². The molecule has 0 saturated carbocycles. The average molecular weight is 991 g/mol. The van der Waals surface area contributed by atoms with Gasteiger partial charge in [-0.2, -0.15) is 0 Å². The number of rotatable bonds is 19. The molecular weight excluding hydrogens is 947 g/mol. The van der Waals surface area contributed by atoms with Gasteiger partial charge in [0.25, 0.3) is 20.0 Å². The van der Waals surface area contributed by atoms with E-state index < -0.39 is 82.6 Å². The second kappa shape index (κ2) is 20.7. The second-order valence-corrected chi connectivity index (χ2v) is 20.3. The van der Waals surface area contributed by atoms with E-state index in [1.165, 1.54) is 26.7 Å². The minimum atomic E-state index is -4.62. The lowest BCUT2D eigenvalue weighted by Crippen LogP contribution is -2.32. The van der Waals surface area contributed by atoms with E-state index in [-0.39, 0.29) is 40.9 Å². The Bertz CT molecular complexity index is 3110. The molecule has 1 amide bonds. The van der Waals surface area contributed by atoms with Crippen LogP contribution in [0.25, 0.3) is 0 Å². The van der Waals surface area contributed by atoms with Gasteiger partial charge in [0.15, 0.2) is 23.1 Å². The number of amides is 1. The minimum absolute atomic E-state index is 0.0826.